The summed E-state index contributed by atoms with van der Waals surface area (Å²) in [5.41, 5.74) is 6.21. The lowest BCUT2D eigenvalue weighted by Crippen LogP contribution is -2.16. The van der Waals surface area contributed by atoms with Crippen molar-refractivity contribution in [2.75, 3.05) is 13.2 Å². The first-order valence-corrected chi connectivity index (χ1v) is 6.22. The van der Waals surface area contributed by atoms with Gasteiger partial charge in [0, 0.05) is 5.56 Å². The molecule has 1 rings (SSSR count). The lowest BCUT2D eigenvalue weighted by molar-refractivity contribution is -0.146. The number of esters is 1. The zero-order valence-electron chi connectivity index (χ0n) is 10.3. The molecule has 0 aliphatic heterocycles. The SMILES string of the molecule is CCCCOC(=O)COc1cccc(C(N)=S)c1. The molecule has 0 saturated carbocycles. The number of thiocarbonyl (C=S) groups is 1. The maximum Gasteiger partial charge on any atom is 0.344 e. The van der Waals surface area contributed by atoms with Gasteiger partial charge in [0.15, 0.2) is 6.61 Å². The second-order valence-corrected chi connectivity index (χ2v) is 4.19. The van der Waals surface area contributed by atoms with E-state index in [9.17, 15) is 4.79 Å². The quantitative estimate of drug-likeness (QED) is 0.465. The molecule has 4 nitrogen and oxygen atoms in total. The summed E-state index contributed by atoms with van der Waals surface area (Å²) in [6.07, 6.45) is 1.85. The Balaban J connectivity index is 2.41. The fourth-order valence-electron chi connectivity index (χ4n) is 1.25. The lowest BCUT2D eigenvalue weighted by Gasteiger charge is -2.07. The molecule has 5 heteroatoms. The lowest BCUT2D eigenvalue weighted by atomic mass is 10.2. The number of hydrogen-bond donors (Lipinski definition) is 1. The zero-order valence-corrected chi connectivity index (χ0v) is 11.2. The number of carbonyl (C=O) groups excluding carboxylic acids is 1. The van der Waals surface area contributed by atoms with Crippen LogP contribution in [0.1, 0.15) is 25.3 Å². The van der Waals surface area contributed by atoms with Gasteiger partial charge in [0.25, 0.3) is 0 Å². The molecule has 0 fully saturated rings. The van der Waals surface area contributed by atoms with Crippen LogP contribution in [0.5, 0.6) is 5.75 Å². The van der Waals surface area contributed by atoms with Crippen molar-refractivity contribution in [2.45, 2.75) is 19.8 Å². The van der Waals surface area contributed by atoms with Gasteiger partial charge in [0.05, 0.1) is 6.61 Å². The Morgan fingerprint density at radius 1 is 1.44 bits per heavy atom. The van der Waals surface area contributed by atoms with Crippen LogP contribution in [-0.4, -0.2) is 24.2 Å². The van der Waals surface area contributed by atoms with E-state index in [0.717, 1.165) is 12.8 Å². The van der Waals surface area contributed by atoms with Gasteiger partial charge in [-0.25, -0.2) is 4.79 Å². The summed E-state index contributed by atoms with van der Waals surface area (Å²) >= 11 is 4.86. The van der Waals surface area contributed by atoms with Crippen molar-refractivity contribution in [3.05, 3.63) is 29.8 Å². The molecule has 0 aliphatic carbocycles. The minimum atomic E-state index is -0.371. The first kappa shape index (κ1) is 14.4. The Kier molecular flexibility index (Phi) is 6.14. The number of nitrogens with two attached hydrogens (primary N) is 1. The first-order valence-electron chi connectivity index (χ1n) is 5.81. The predicted octanol–water partition coefficient (Wildman–Crippen LogP) is 2.04. The van der Waals surface area contributed by atoms with E-state index in [1.165, 1.54) is 0 Å². The molecule has 18 heavy (non-hydrogen) atoms. The number of rotatable bonds is 7. The van der Waals surface area contributed by atoms with Crippen LogP contribution in [0.3, 0.4) is 0 Å². The molecule has 0 saturated heterocycles. The average molecular weight is 267 g/mol. The fourth-order valence-corrected chi connectivity index (χ4v) is 1.38. The number of ether oxygens (including phenoxy) is 2. The summed E-state index contributed by atoms with van der Waals surface area (Å²) < 4.78 is 10.3. The minimum Gasteiger partial charge on any atom is -0.482 e. The Hall–Kier alpha value is -1.62. The molecule has 0 bridgehead atoms. The Morgan fingerprint density at radius 3 is 2.89 bits per heavy atom. The van der Waals surface area contributed by atoms with Gasteiger partial charge in [-0.1, -0.05) is 37.7 Å². The summed E-state index contributed by atoms with van der Waals surface area (Å²) in [6.45, 7) is 2.36. The van der Waals surface area contributed by atoms with Crippen molar-refractivity contribution in [1.82, 2.24) is 0 Å². The smallest absolute Gasteiger partial charge is 0.344 e. The van der Waals surface area contributed by atoms with Crippen LogP contribution in [-0.2, 0) is 9.53 Å². The molecule has 1 aromatic rings. The normalized spacial score (nSPS) is 9.83. The molecule has 98 valence electrons. The van der Waals surface area contributed by atoms with E-state index >= 15 is 0 Å². The van der Waals surface area contributed by atoms with Crippen molar-refractivity contribution >= 4 is 23.2 Å². The highest BCUT2D eigenvalue weighted by atomic mass is 32.1. The standard InChI is InChI=1S/C13H17NO3S/c1-2-3-7-16-12(15)9-17-11-6-4-5-10(8-11)13(14)18/h4-6,8H,2-3,7,9H2,1H3,(H2,14,18). The Morgan fingerprint density at radius 2 is 2.22 bits per heavy atom. The number of carbonyl (C=O) groups is 1. The Bertz CT molecular complexity index is 420. The minimum absolute atomic E-state index is 0.107. The Labute approximate surface area is 112 Å². The second-order valence-electron chi connectivity index (χ2n) is 3.75. The van der Waals surface area contributed by atoms with Crippen molar-refractivity contribution in [1.29, 1.82) is 0 Å². The van der Waals surface area contributed by atoms with Gasteiger partial charge in [-0.3, -0.25) is 0 Å². The van der Waals surface area contributed by atoms with Crippen LogP contribution >= 0.6 is 12.2 Å². The number of benzene rings is 1. The first-order chi connectivity index (χ1) is 8.63. The second kappa shape index (κ2) is 7.66. The van der Waals surface area contributed by atoms with Gasteiger partial charge in [0.1, 0.15) is 10.7 Å². The summed E-state index contributed by atoms with van der Waals surface area (Å²) in [5.74, 6) is 0.178. The summed E-state index contributed by atoms with van der Waals surface area (Å²) in [4.78, 5) is 11.6. The van der Waals surface area contributed by atoms with Crippen LogP contribution in [0.25, 0.3) is 0 Å². The van der Waals surface area contributed by atoms with E-state index in [2.05, 4.69) is 0 Å². The third-order valence-corrected chi connectivity index (χ3v) is 2.47. The van der Waals surface area contributed by atoms with E-state index in [4.69, 9.17) is 27.4 Å². The van der Waals surface area contributed by atoms with Crippen molar-refractivity contribution in [2.24, 2.45) is 5.73 Å². The van der Waals surface area contributed by atoms with Gasteiger partial charge in [-0.2, -0.15) is 0 Å². The molecule has 0 unspecified atom stereocenters. The van der Waals surface area contributed by atoms with Crippen LogP contribution in [0.2, 0.25) is 0 Å². The maximum atomic E-state index is 11.3. The van der Waals surface area contributed by atoms with E-state index in [1.807, 2.05) is 6.92 Å². The fraction of sp³-hybridized carbons (Fsp3) is 0.385. The predicted molar refractivity (Wildman–Crippen MR) is 73.7 cm³/mol. The van der Waals surface area contributed by atoms with Gasteiger partial charge in [-0.05, 0) is 18.6 Å². The molecule has 0 heterocycles. The molecular weight excluding hydrogens is 250 g/mol. The van der Waals surface area contributed by atoms with Gasteiger partial charge in [-0.15, -0.1) is 0 Å². The molecule has 2 N–H and O–H groups in total. The average Bonchev–Trinajstić information content (AvgIpc) is 2.37. The van der Waals surface area contributed by atoms with Gasteiger partial charge >= 0.3 is 5.97 Å². The third kappa shape index (κ3) is 5.14. The maximum absolute atomic E-state index is 11.3. The summed E-state index contributed by atoms with van der Waals surface area (Å²) in [6, 6.07) is 6.99. The monoisotopic (exact) mass is 267 g/mol. The summed E-state index contributed by atoms with van der Waals surface area (Å²) in [7, 11) is 0. The van der Waals surface area contributed by atoms with Gasteiger partial charge < -0.3 is 15.2 Å². The van der Waals surface area contributed by atoms with Crippen molar-refractivity contribution in [3.8, 4) is 5.75 Å². The molecular formula is C13H17NO3S. The van der Waals surface area contributed by atoms with E-state index < -0.39 is 0 Å². The van der Waals surface area contributed by atoms with E-state index in [1.54, 1.807) is 24.3 Å². The molecule has 0 aromatic heterocycles. The number of hydrogen-bond acceptors (Lipinski definition) is 4. The molecule has 0 spiro atoms. The van der Waals surface area contributed by atoms with Crippen molar-refractivity contribution < 1.29 is 14.3 Å². The highest BCUT2D eigenvalue weighted by molar-refractivity contribution is 7.80. The third-order valence-electron chi connectivity index (χ3n) is 2.24. The van der Waals surface area contributed by atoms with Crippen LogP contribution in [0.15, 0.2) is 24.3 Å². The van der Waals surface area contributed by atoms with E-state index in [-0.39, 0.29) is 12.6 Å². The topological polar surface area (TPSA) is 61.5 Å². The highest BCUT2D eigenvalue weighted by Gasteiger charge is 2.05. The van der Waals surface area contributed by atoms with Crippen LogP contribution < -0.4 is 10.5 Å². The molecule has 0 radical (unpaired) electrons. The van der Waals surface area contributed by atoms with Crippen molar-refractivity contribution in [3.63, 3.8) is 0 Å². The van der Waals surface area contributed by atoms with Crippen LogP contribution in [0, 0.1) is 0 Å². The molecule has 0 atom stereocenters. The number of unbranched alkanes of at least 4 members (excludes halogenated alkanes) is 1. The molecule has 0 amide bonds. The largest absolute Gasteiger partial charge is 0.482 e. The summed E-state index contributed by atoms with van der Waals surface area (Å²) in [5, 5.41) is 0. The molecule has 1 aromatic carbocycles. The molecule has 0 aliphatic rings. The van der Waals surface area contributed by atoms with E-state index in [0.29, 0.717) is 22.9 Å². The van der Waals surface area contributed by atoms with Gasteiger partial charge in [0.2, 0.25) is 0 Å². The zero-order chi connectivity index (χ0) is 13.4. The van der Waals surface area contributed by atoms with Crippen LogP contribution in [0.4, 0.5) is 0 Å². The highest BCUT2D eigenvalue weighted by Crippen LogP contribution is 2.13.